The zero-order valence-electron chi connectivity index (χ0n) is 23.9. The van der Waals surface area contributed by atoms with E-state index in [0.29, 0.717) is 35.2 Å². The molecule has 212 valence electrons. The molecule has 1 aliphatic heterocycles. The van der Waals surface area contributed by atoms with E-state index in [0.717, 1.165) is 30.8 Å². The molecule has 1 saturated heterocycles. The smallest absolute Gasteiger partial charge is 0.229 e. The Balaban J connectivity index is 1.27. The molecule has 0 spiro atoms. The van der Waals surface area contributed by atoms with Crippen molar-refractivity contribution in [3.05, 3.63) is 35.5 Å². The Hall–Kier alpha value is -2.58. The van der Waals surface area contributed by atoms with Crippen LogP contribution in [0.1, 0.15) is 60.3 Å². The molecule has 2 heterocycles. The quantitative estimate of drug-likeness (QED) is 0.345. The number of anilines is 3. The molecule has 6 rings (SSSR count). The first-order valence-corrected chi connectivity index (χ1v) is 14.8. The maximum atomic E-state index is 13.3. The summed E-state index contributed by atoms with van der Waals surface area (Å²) in [7, 11) is 0. The summed E-state index contributed by atoms with van der Waals surface area (Å²) in [5, 5.41) is 10.5. The summed E-state index contributed by atoms with van der Waals surface area (Å²) in [6, 6.07) is 7.92. The van der Waals surface area contributed by atoms with E-state index in [9.17, 15) is 4.79 Å². The number of benzene rings is 1. The predicted octanol–water partition coefficient (Wildman–Crippen LogP) is 5.73. The van der Waals surface area contributed by atoms with E-state index in [1.54, 1.807) is 6.20 Å². The van der Waals surface area contributed by atoms with Crippen LogP contribution in [-0.2, 0) is 4.79 Å². The van der Waals surface area contributed by atoms with Crippen LogP contribution in [0.15, 0.2) is 30.5 Å². The number of hydrogen-bond acceptors (Lipinski definition) is 7. The lowest BCUT2D eigenvalue weighted by Crippen LogP contribution is -2.69. The number of nitrogens with zero attached hydrogens (tertiary/aromatic N) is 3. The van der Waals surface area contributed by atoms with Crippen LogP contribution >= 0.6 is 11.6 Å². The second-order valence-corrected chi connectivity index (χ2v) is 13.0. The van der Waals surface area contributed by atoms with Crippen LogP contribution in [0.3, 0.4) is 0 Å². The fraction of sp³-hybridized carbons (Fsp3) is 0.633. The molecule has 1 aromatic carbocycles. The Morgan fingerprint density at radius 3 is 2.54 bits per heavy atom. The van der Waals surface area contributed by atoms with Crippen LogP contribution in [0.25, 0.3) is 0 Å². The second kappa shape index (κ2) is 11.1. The first-order chi connectivity index (χ1) is 18.6. The molecule has 1 amide bonds. The van der Waals surface area contributed by atoms with Gasteiger partial charge in [-0.2, -0.15) is 4.98 Å². The summed E-state index contributed by atoms with van der Waals surface area (Å²) in [5.41, 5.74) is 0.520. The summed E-state index contributed by atoms with van der Waals surface area (Å²) in [5.74, 6) is 2.63. The van der Waals surface area contributed by atoms with Crippen molar-refractivity contribution in [3.63, 3.8) is 0 Å². The number of carbonyl (C=O) groups is 1. The minimum atomic E-state index is -0.486. The van der Waals surface area contributed by atoms with E-state index < -0.39 is 5.54 Å². The molecule has 8 nitrogen and oxygen atoms in total. The number of likely N-dealkylation sites (tertiary alicyclic amines) is 1. The molecule has 1 aromatic heterocycles. The fourth-order valence-corrected chi connectivity index (χ4v) is 7.12. The van der Waals surface area contributed by atoms with E-state index in [4.69, 9.17) is 21.3 Å². The van der Waals surface area contributed by atoms with Crippen molar-refractivity contribution < 1.29 is 9.53 Å². The molecule has 4 fully saturated rings. The molecule has 2 aromatic rings. The van der Waals surface area contributed by atoms with Gasteiger partial charge in [0, 0.05) is 18.3 Å². The molecule has 3 aliphatic carbocycles. The molecular formula is C30H43ClN6O2. The summed E-state index contributed by atoms with van der Waals surface area (Å²) < 4.78 is 5.93. The Morgan fingerprint density at radius 2 is 1.87 bits per heavy atom. The van der Waals surface area contributed by atoms with E-state index >= 15 is 0 Å². The van der Waals surface area contributed by atoms with Crippen molar-refractivity contribution in [2.24, 2.45) is 23.2 Å². The maximum Gasteiger partial charge on any atom is 0.229 e. The summed E-state index contributed by atoms with van der Waals surface area (Å²) >= 11 is 6.60. The molecular weight excluding hydrogens is 512 g/mol. The van der Waals surface area contributed by atoms with Gasteiger partial charge in [-0.15, -0.1) is 0 Å². The number of carbonyl (C=O) groups excluding carboxylic acids is 1. The first kappa shape index (κ1) is 28.0. The van der Waals surface area contributed by atoms with Crippen molar-refractivity contribution in [2.75, 3.05) is 36.9 Å². The third kappa shape index (κ3) is 5.82. The lowest BCUT2D eigenvalue weighted by Gasteiger charge is -2.66. The van der Waals surface area contributed by atoms with Crippen molar-refractivity contribution in [3.8, 4) is 5.75 Å². The lowest BCUT2D eigenvalue weighted by atomic mass is 9.40. The number of aromatic nitrogens is 2. The van der Waals surface area contributed by atoms with Gasteiger partial charge in [0.15, 0.2) is 5.82 Å². The first-order valence-electron chi connectivity index (χ1n) is 14.4. The van der Waals surface area contributed by atoms with E-state index in [1.807, 2.05) is 38.1 Å². The Kier molecular flexibility index (Phi) is 7.98. The van der Waals surface area contributed by atoms with E-state index in [1.165, 1.54) is 25.9 Å². The van der Waals surface area contributed by atoms with Gasteiger partial charge in [0.05, 0.1) is 17.7 Å². The van der Waals surface area contributed by atoms with Crippen LogP contribution < -0.4 is 20.7 Å². The van der Waals surface area contributed by atoms with Crippen LogP contribution in [0.5, 0.6) is 5.75 Å². The topological polar surface area (TPSA) is 91.4 Å². The zero-order valence-corrected chi connectivity index (χ0v) is 24.6. The minimum Gasteiger partial charge on any atom is -0.492 e. The number of ether oxygens (including phenoxy) is 1. The molecule has 0 radical (unpaired) electrons. The Bertz CT molecular complexity index is 1170. The van der Waals surface area contributed by atoms with Gasteiger partial charge in [0.25, 0.3) is 0 Å². The maximum absolute atomic E-state index is 13.3. The minimum absolute atomic E-state index is 0.0910. The molecule has 9 heteroatoms. The van der Waals surface area contributed by atoms with Gasteiger partial charge < -0.3 is 20.7 Å². The monoisotopic (exact) mass is 554 g/mol. The highest BCUT2D eigenvalue weighted by atomic mass is 35.5. The molecule has 3 N–H and O–H groups in total. The highest BCUT2D eigenvalue weighted by Crippen LogP contribution is 2.65. The third-order valence-corrected chi connectivity index (χ3v) is 9.58. The van der Waals surface area contributed by atoms with Crippen molar-refractivity contribution in [1.29, 1.82) is 0 Å². The van der Waals surface area contributed by atoms with Gasteiger partial charge in [0.1, 0.15) is 17.4 Å². The molecule has 2 bridgehead atoms. The van der Waals surface area contributed by atoms with Crippen LogP contribution in [-0.4, -0.2) is 58.6 Å². The second-order valence-electron chi connectivity index (χ2n) is 12.6. The van der Waals surface area contributed by atoms with Crippen LogP contribution in [0.4, 0.5) is 17.5 Å². The summed E-state index contributed by atoms with van der Waals surface area (Å²) in [6.45, 7) is 14.8. The Labute approximate surface area is 237 Å². The van der Waals surface area contributed by atoms with Crippen LogP contribution in [0, 0.1) is 23.2 Å². The van der Waals surface area contributed by atoms with Crippen molar-refractivity contribution >= 4 is 35.0 Å². The SMILES string of the molecule is CC(C)NC(=O)[C@H]1C[C@@H]2C[C@H](C2(C)C)[C@@]1(C)Nc1nc(Nc2ccc(OCCN3CCCC3)cc2)ncc1Cl. The average Bonchev–Trinajstić information content (AvgIpc) is 3.40. The third-order valence-electron chi connectivity index (χ3n) is 9.30. The average molecular weight is 555 g/mol. The number of rotatable bonds is 10. The summed E-state index contributed by atoms with van der Waals surface area (Å²) in [6.07, 6.45) is 6.14. The molecule has 4 atom stereocenters. The number of halogens is 1. The van der Waals surface area contributed by atoms with Gasteiger partial charge >= 0.3 is 0 Å². The standard InChI is InChI=1S/C30H43ClN6O2/c1-19(2)33-27(38)23-16-20-17-25(29(20,3)4)30(23,5)36-26-24(31)18-32-28(35-26)34-21-8-10-22(11-9-21)39-15-14-37-12-6-7-13-37/h8-11,18-20,23,25H,6-7,12-17H2,1-5H3,(H,33,38)(H2,32,34,35,36)/t20-,23-,25-,30+/m1/s1. The van der Waals surface area contributed by atoms with Gasteiger partial charge in [-0.3, -0.25) is 9.69 Å². The molecule has 3 saturated carbocycles. The number of fused-ring (bicyclic) bond motifs is 2. The largest absolute Gasteiger partial charge is 0.492 e. The highest BCUT2D eigenvalue weighted by molar-refractivity contribution is 6.32. The van der Waals surface area contributed by atoms with Gasteiger partial charge in [-0.05, 0) is 101 Å². The normalized spacial score (nSPS) is 27.6. The number of hydrogen-bond donors (Lipinski definition) is 3. The Morgan fingerprint density at radius 1 is 1.15 bits per heavy atom. The summed E-state index contributed by atoms with van der Waals surface area (Å²) in [4.78, 5) is 24.9. The molecule has 0 unspecified atom stereocenters. The van der Waals surface area contributed by atoms with E-state index in [2.05, 4.69) is 46.6 Å². The van der Waals surface area contributed by atoms with Gasteiger partial charge in [0.2, 0.25) is 11.9 Å². The van der Waals surface area contributed by atoms with Crippen molar-refractivity contribution in [2.45, 2.75) is 71.9 Å². The predicted molar refractivity (Wildman–Crippen MR) is 157 cm³/mol. The highest BCUT2D eigenvalue weighted by Gasteiger charge is 2.65. The fourth-order valence-electron chi connectivity index (χ4n) is 6.98. The van der Waals surface area contributed by atoms with E-state index in [-0.39, 0.29) is 23.3 Å². The van der Waals surface area contributed by atoms with Gasteiger partial charge in [-0.25, -0.2) is 4.98 Å². The number of amides is 1. The molecule has 4 aliphatic rings. The number of nitrogens with one attached hydrogen (secondary N) is 3. The van der Waals surface area contributed by atoms with Crippen molar-refractivity contribution in [1.82, 2.24) is 20.2 Å². The lowest BCUT2D eigenvalue weighted by molar-refractivity contribution is -0.156. The van der Waals surface area contributed by atoms with Gasteiger partial charge in [-0.1, -0.05) is 25.4 Å². The zero-order chi connectivity index (χ0) is 27.8. The van der Waals surface area contributed by atoms with Crippen LogP contribution in [0.2, 0.25) is 5.02 Å². The molecule has 39 heavy (non-hydrogen) atoms.